The summed E-state index contributed by atoms with van der Waals surface area (Å²) >= 11 is 0. The van der Waals surface area contributed by atoms with E-state index in [1.54, 1.807) is 62.4 Å². The molecule has 0 radical (unpaired) electrons. The third-order valence-electron chi connectivity index (χ3n) is 6.43. The number of phenols is 1. The van der Waals surface area contributed by atoms with Gasteiger partial charge < -0.3 is 14.8 Å². The Labute approximate surface area is 200 Å². The van der Waals surface area contributed by atoms with Crippen molar-refractivity contribution in [2.75, 3.05) is 0 Å². The van der Waals surface area contributed by atoms with E-state index in [0.29, 0.717) is 16.6 Å². The van der Waals surface area contributed by atoms with E-state index in [4.69, 9.17) is 0 Å². The van der Waals surface area contributed by atoms with Crippen molar-refractivity contribution >= 4 is 10.9 Å². The molecular formula is C28H26F3NO3. The molecule has 182 valence electrons. The van der Waals surface area contributed by atoms with Gasteiger partial charge in [0.15, 0.2) is 11.0 Å². The van der Waals surface area contributed by atoms with E-state index in [1.807, 2.05) is 18.2 Å². The average Bonchev–Trinajstić information content (AvgIpc) is 2.81. The van der Waals surface area contributed by atoms with Gasteiger partial charge in [0, 0.05) is 28.8 Å². The number of aromatic nitrogens is 1. The Balaban J connectivity index is 1.76. The molecule has 4 rings (SSSR count). The number of benzene rings is 3. The van der Waals surface area contributed by atoms with Crippen LogP contribution in [0.4, 0.5) is 13.2 Å². The summed E-state index contributed by atoms with van der Waals surface area (Å²) in [6.07, 6.45) is -4.42. The second-order valence-electron chi connectivity index (χ2n) is 9.48. The Morgan fingerprint density at radius 2 is 1.51 bits per heavy atom. The molecule has 1 unspecified atom stereocenters. The molecule has 4 aromatic rings. The van der Waals surface area contributed by atoms with Crippen LogP contribution in [0.1, 0.15) is 25.8 Å². The maximum absolute atomic E-state index is 14.4. The summed E-state index contributed by atoms with van der Waals surface area (Å²) in [5, 5.41) is 22.4. The lowest BCUT2D eigenvalue weighted by Crippen LogP contribution is -2.52. The number of alkyl halides is 3. The van der Waals surface area contributed by atoms with Crippen molar-refractivity contribution in [1.82, 2.24) is 4.57 Å². The molecule has 35 heavy (non-hydrogen) atoms. The molecule has 0 aliphatic rings. The number of hydrogen-bond donors (Lipinski definition) is 2. The Kier molecular flexibility index (Phi) is 6.23. The van der Waals surface area contributed by atoms with Crippen molar-refractivity contribution in [1.29, 1.82) is 0 Å². The average molecular weight is 482 g/mol. The second kappa shape index (κ2) is 8.89. The summed E-state index contributed by atoms with van der Waals surface area (Å²) < 4.78 is 44.4. The van der Waals surface area contributed by atoms with Gasteiger partial charge >= 0.3 is 6.18 Å². The van der Waals surface area contributed by atoms with Gasteiger partial charge in [-0.15, -0.1) is 0 Å². The summed E-state index contributed by atoms with van der Waals surface area (Å²) in [4.78, 5) is 12.2. The number of fused-ring (bicyclic) bond motifs is 1. The van der Waals surface area contributed by atoms with Crippen LogP contribution in [-0.2, 0) is 12.0 Å². The molecule has 0 aliphatic carbocycles. The Morgan fingerprint density at radius 3 is 2.20 bits per heavy atom. The second-order valence-corrected chi connectivity index (χ2v) is 9.48. The molecule has 7 heteroatoms. The van der Waals surface area contributed by atoms with Crippen molar-refractivity contribution < 1.29 is 23.4 Å². The monoisotopic (exact) mass is 481 g/mol. The summed E-state index contributed by atoms with van der Waals surface area (Å²) in [5.74, 6) is -0.123. The van der Waals surface area contributed by atoms with Crippen LogP contribution in [-0.4, -0.2) is 26.6 Å². The molecule has 0 amide bonds. The van der Waals surface area contributed by atoms with Crippen molar-refractivity contribution in [3.05, 3.63) is 101 Å². The topological polar surface area (TPSA) is 62.5 Å². The van der Waals surface area contributed by atoms with Crippen molar-refractivity contribution in [2.45, 2.75) is 44.0 Å². The lowest BCUT2D eigenvalue weighted by Gasteiger charge is -2.39. The van der Waals surface area contributed by atoms with Gasteiger partial charge in [0.05, 0.1) is 12.1 Å². The molecule has 0 bridgehead atoms. The Bertz CT molecular complexity index is 1410. The first-order chi connectivity index (χ1) is 16.4. The molecule has 1 atom stereocenters. The van der Waals surface area contributed by atoms with Crippen LogP contribution >= 0.6 is 0 Å². The number of aliphatic hydroxyl groups is 1. The van der Waals surface area contributed by atoms with Crippen molar-refractivity contribution in [3.63, 3.8) is 0 Å². The molecule has 0 spiro atoms. The number of halogens is 3. The molecule has 0 saturated heterocycles. The van der Waals surface area contributed by atoms with Gasteiger partial charge in [-0.05, 0) is 29.5 Å². The molecule has 4 nitrogen and oxygen atoms in total. The molecule has 3 aromatic carbocycles. The van der Waals surface area contributed by atoms with Crippen molar-refractivity contribution in [2.24, 2.45) is 0 Å². The summed E-state index contributed by atoms with van der Waals surface area (Å²) in [6, 6.07) is 21.6. The lowest BCUT2D eigenvalue weighted by atomic mass is 9.73. The van der Waals surface area contributed by atoms with Crippen LogP contribution in [0.2, 0.25) is 0 Å². The molecule has 0 saturated carbocycles. The fourth-order valence-corrected chi connectivity index (χ4v) is 4.69. The van der Waals surface area contributed by atoms with Gasteiger partial charge in [0.1, 0.15) is 5.75 Å². The Hall–Kier alpha value is -3.58. The molecule has 0 aliphatic heterocycles. The first-order valence-electron chi connectivity index (χ1n) is 11.2. The van der Waals surface area contributed by atoms with E-state index in [9.17, 15) is 28.2 Å². The normalized spacial score (nSPS) is 14.1. The number of phenolic OH excluding ortho intramolecular Hbond substituents is 1. The minimum atomic E-state index is -4.97. The number of hydrogen-bond acceptors (Lipinski definition) is 3. The van der Waals surface area contributed by atoms with Gasteiger partial charge in [-0.1, -0.05) is 74.5 Å². The van der Waals surface area contributed by atoms with Crippen molar-refractivity contribution in [3.8, 4) is 16.9 Å². The zero-order chi connectivity index (χ0) is 25.4. The Morgan fingerprint density at radius 1 is 0.857 bits per heavy atom. The van der Waals surface area contributed by atoms with E-state index in [0.717, 1.165) is 5.56 Å². The van der Waals surface area contributed by atoms with E-state index in [1.165, 1.54) is 22.9 Å². The largest absolute Gasteiger partial charge is 0.507 e. The first kappa shape index (κ1) is 24.5. The van der Waals surface area contributed by atoms with Crippen LogP contribution in [0.5, 0.6) is 5.75 Å². The van der Waals surface area contributed by atoms with Gasteiger partial charge in [0.25, 0.3) is 0 Å². The predicted molar refractivity (Wildman–Crippen MR) is 130 cm³/mol. The molecule has 0 fully saturated rings. The van der Waals surface area contributed by atoms with Crippen LogP contribution in [0, 0.1) is 0 Å². The maximum Gasteiger partial charge on any atom is 0.418 e. The zero-order valence-corrected chi connectivity index (χ0v) is 19.4. The third kappa shape index (κ3) is 4.68. The van der Waals surface area contributed by atoms with E-state index in [-0.39, 0.29) is 16.6 Å². The van der Waals surface area contributed by atoms with Crippen LogP contribution in [0.25, 0.3) is 22.0 Å². The number of aromatic hydroxyl groups is 1. The fourth-order valence-electron chi connectivity index (χ4n) is 4.69. The lowest BCUT2D eigenvalue weighted by molar-refractivity contribution is -0.271. The minimum absolute atomic E-state index is 0.123. The summed E-state index contributed by atoms with van der Waals surface area (Å²) in [7, 11) is 0. The highest BCUT2D eigenvalue weighted by Gasteiger charge is 2.56. The van der Waals surface area contributed by atoms with Gasteiger partial charge in [-0.2, -0.15) is 13.2 Å². The van der Waals surface area contributed by atoms with E-state index in [2.05, 4.69) is 0 Å². The van der Waals surface area contributed by atoms with Gasteiger partial charge in [0.2, 0.25) is 0 Å². The quantitative estimate of drug-likeness (QED) is 0.353. The van der Waals surface area contributed by atoms with Gasteiger partial charge in [-0.3, -0.25) is 4.79 Å². The smallest absolute Gasteiger partial charge is 0.418 e. The summed E-state index contributed by atoms with van der Waals surface area (Å²) in [5.41, 5.74) is -2.88. The van der Waals surface area contributed by atoms with Crippen LogP contribution in [0.3, 0.4) is 0 Å². The number of para-hydroxylation sites is 2. The number of rotatable bonds is 6. The first-order valence-corrected chi connectivity index (χ1v) is 11.2. The number of pyridine rings is 1. The third-order valence-corrected chi connectivity index (χ3v) is 6.43. The SMILES string of the molecule is CC(C)(CC(O)(Cn1ccc(=O)c2ccccc21)C(F)(F)F)c1cccc(-c2ccccc2)c1O. The van der Waals surface area contributed by atoms with E-state index >= 15 is 0 Å². The molecule has 1 heterocycles. The molecule has 1 aromatic heterocycles. The summed E-state index contributed by atoms with van der Waals surface area (Å²) in [6.45, 7) is 2.33. The highest BCUT2D eigenvalue weighted by Crippen LogP contribution is 2.46. The van der Waals surface area contributed by atoms with Crippen LogP contribution in [0.15, 0.2) is 89.9 Å². The molecular weight excluding hydrogens is 455 g/mol. The minimum Gasteiger partial charge on any atom is -0.507 e. The highest BCUT2D eigenvalue weighted by molar-refractivity contribution is 5.78. The van der Waals surface area contributed by atoms with Crippen LogP contribution < -0.4 is 5.43 Å². The van der Waals surface area contributed by atoms with E-state index < -0.39 is 30.2 Å². The zero-order valence-electron chi connectivity index (χ0n) is 19.4. The number of nitrogens with zero attached hydrogens (tertiary/aromatic N) is 1. The van der Waals surface area contributed by atoms with Gasteiger partial charge in [-0.25, -0.2) is 0 Å². The molecule has 2 N–H and O–H groups in total. The highest BCUT2D eigenvalue weighted by atomic mass is 19.4. The fraction of sp³-hybridized carbons (Fsp3) is 0.250. The predicted octanol–water partition coefficient (Wildman–Crippen LogP) is 6.04. The standard InChI is InChI=1S/C28H26F3NO3/c1-26(2,22-13-8-12-20(25(22)34)19-9-4-3-5-10-19)17-27(35,28(29,30)31)18-32-16-15-24(33)21-11-6-7-14-23(21)32/h3-16,34-35H,17-18H2,1-2H3. The maximum atomic E-state index is 14.4.